The van der Waals surface area contributed by atoms with Gasteiger partial charge in [0, 0.05) is 26.5 Å². The molecule has 2 aliphatic rings. The molecule has 29 heavy (non-hydrogen) atoms. The van der Waals surface area contributed by atoms with Gasteiger partial charge in [-0.25, -0.2) is 15.4 Å². The summed E-state index contributed by atoms with van der Waals surface area (Å²) in [6, 6.07) is 0. The maximum Gasteiger partial charge on any atom is 0.303 e. The van der Waals surface area contributed by atoms with Gasteiger partial charge in [0.15, 0.2) is 23.8 Å². The van der Waals surface area contributed by atoms with Crippen molar-refractivity contribution in [2.75, 3.05) is 18.7 Å². The molecule has 4 heterocycles. The minimum atomic E-state index is -1.40. The standard InChI is InChI=1S/C18H22N4O7/c1-9(24)27-14-12(7-23)28-17(18(14,3)29-10(2)25)22-6-11-4-5-26-21-15-13(11)16(22)20-8-19-15/h6,8,12,14,17,23H,4-5,7H2,1-3H3,(H,19,20,21)/t12-,14-,17-,18-/m1/s1. The SMILES string of the molecule is CC(=O)O[C@@H]1[C@@H](CO)O[C@@H](n2cc3c4c(ncnc42)NOCC3)[C@]1(C)OC(C)=O. The van der Waals surface area contributed by atoms with Crippen LogP contribution < -0.4 is 5.48 Å². The third-order valence-corrected chi connectivity index (χ3v) is 5.12. The van der Waals surface area contributed by atoms with Gasteiger partial charge in [0.2, 0.25) is 0 Å². The zero-order valence-electron chi connectivity index (χ0n) is 16.2. The number of carbonyl (C=O) groups is 2. The number of anilines is 1. The first-order valence-corrected chi connectivity index (χ1v) is 9.20. The summed E-state index contributed by atoms with van der Waals surface area (Å²) in [6.07, 6.45) is 1.03. The number of hydrogen-bond acceptors (Lipinski definition) is 10. The molecule has 1 saturated heterocycles. The zero-order chi connectivity index (χ0) is 20.8. The molecule has 11 heteroatoms. The van der Waals surface area contributed by atoms with Crippen LogP contribution in [-0.2, 0) is 35.1 Å². The van der Waals surface area contributed by atoms with E-state index in [0.29, 0.717) is 24.5 Å². The maximum absolute atomic E-state index is 11.9. The Balaban J connectivity index is 1.86. The van der Waals surface area contributed by atoms with Crippen molar-refractivity contribution in [3.8, 4) is 0 Å². The Morgan fingerprint density at radius 3 is 2.86 bits per heavy atom. The number of esters is 2. The van der Waals surface area contributed by atoms with Crippen LogP contribution in [0.4, 0.5) is 5.82 Å². The maximum atomic E-state index is 11.9. The molecule has 2 aromatic heterocycles. The second-order valence-electron chi connectivity index (χ2n) is 7.20. The van der Waals surface area contributed by atoms with Crippen LogP contribution in [0.1, 0.15) is 32.6 Å². The smallest absolute Gasteiger partial charge is 0.303 e. The van der Waals surface area contributed by atoms with Gasteiger partial charge >= 0.3 is 11.9 Å². The van der Waals surface area contributed by atoms with Gasteiger partial charge in [-0.1, -0.05) is 0 Å². The van der Waals surface area contributed by atoms with Crippen LogP contribution in [0.3, 0.4) is 0 Å². The molecule has 0 bridgehead atoms. The van der Waals surface area contributed by atoms with Crippen LogP contribution in [-0.4, -0.2) is 62.6 Å². The van der Waals surface area contributed by atoms with E-state index in [0.717, 1.165) is 10.9 Å². The number of hydrogen-bond donors (Lipinski definition) is 2. The lowest BCUT2D eigenvalue weighted by molar-refractivity contribution is -0.184. The molecule has 4 rings (SSSR count). The Morgan fingerprint density at radius 1 is 1.38 bits per heavy atom. The monoisotopic (exact) mass is 406 g/mol. The molecule has 0 spiro atoms. The quantitative estimate of drug-likeness (QED) is 0.690. The second-order valence-corrected chi connectivity index (χ2v) is 7.20. The van der Waals surface area contributed by atoms with Crippen molar-refractivity contribution in [2.45, 2.75) is 51.2 Å². The van der Waals surface area contributed by atoms with E-state index < -0.39 is 42.6 Å². The van der Waals surface area contributed by atoms with Crippen LogP contribution in [0.2, 0.25) is 0 Å². The minimum Gasteiger partial charge on any atom is -0.455 e. The van der Waals surface area contributed by atoms with Gasteiger partial charge in [0.1, 0.15) is 18.1 Å². The fourth-order valence-corrected chi connectivity index (χ4v) is 4.04. The average molecular weight is 406 g/mol. The first kappa shape index (κ1) is 19.6. The third kappa shape index (κ3) is 3.20. The molecule has 11 nitrogen and oxygen atoms in total. The van der Waals surface area contributed by atoms with Gasteiger partial charge < -0.3 is 23.9 Å². The Bertz CT molecular complexity index is 961. The molecule has 0 radical (unpaired) electrons. The highest BCUT2D eigenvalue weighted by atomic mass is 16.7. The molecule has 0 aliphatic carbocycles. The summed E-state index contributed by atoms with van der Waals surface area (Å²) >= 11 is 0. The van der Waals surface area contributed by atoms with E-state index in [1.807, 2.05) is 6.20 Å². The van der Waals surface area contributed by atoms with Crippen LogP contribution >= 0.6 is 0 Å². The van der Waals surface area contributed by atoms with Gasteiger partial charge in [0.05, 0.1) is 18.6 Å². The Labute approximate surface area is 165 Å². The number of nitrogens with zero attached hydrogens (tertiary/aromatic N) is 3. The van der Waals surface area contributed by atoms with Gasteiger partial charge in [-0.05, 0) is 12.5 Å². The lowest BCUT2D eigenvalue weighted by atomic mass is 9.95. The second kappa shape index (κ2) is 7.25. The highest BCUT2D eigenvalue weighted by molar-refractivity contribution is 5.91. The van der Waals surface area contributed by atoms with Gasteiger partial charge in [0.25, 0.3) is 0 Å². The molecule has 0 aromatic carbocycles. The Morgan fingerprint density at radius 2 is 2.17 bits per heavy atom. The number of aromatic nitrogens is 3. The van der Waals surface area contributed by atoms with E-state index >= 15 is 0 Å². The molecular formula is C18H22N4O7. The van der Waals surface area contributed by atoms with E-state index in [-0.39, 0.29) is 0 Å². The molecule has 2 N–H and O–H groups in total. The highest BCUT2D eigenvalue weighted by Gasteiger charge is 2.59. The van der Waals surface area contributed by atoms with Gasteiger partial charge in [-0.15, -0.1) is 0 Å². The van der Waals surface area contributed by atoms with Crippen LogP contribution in [0.5, 0.6) is 0 Å². The molecule has 0 unspecified atom stereocenters. The molecular weight excluding hydrogens is 384 g/mol. The molecule has 2 aliphatic heterocycles. The van der Waals surface area contributed by atoms with Crippen molar-refractivity contribution in [3.63, 3.8) is 0 Å². The number of ether oxygens (including phenoxy) is 3. The van der Waals surface area contributed by atoms with Crippen molar-refractivity contribution in [1.82, 2.24) is 14.5 Å². The summed E-state index contributed by atoms with van der Waals surface area (Å²) < 4.78 is 18.8. The Hall–Kier alpha value is -2.76. The van der Waals surface area contributed by atoms with E-state index in [1.54, 1.807) is 11.5 Å². The number of rotatable bonds is 4. The highest BCUT2D eigenvalue weighted by Crippen LogP contribution is 2.45. The molecule has 2 aromatic rings. The third-order valence-electron chi connectivity index (χ3n) is 5.12. The van der Waals surface area contributed by atoms with Crippen molar-refractivity contribution < 1.29 is 33.7 Å². The van der Waals surface area contributed by atoms with Crippen molar-refractivity contribution >= 4 is 28.8 Å². The fraction of sp³-hybridized carbons (Fsp3) is 0.556. The summed E-state index contributed by atoms with van der Waals surface area (Å²) in [7, 11) is 0. The summed E-state index contributed by atoms with van der Waals surface area (Å²) in [5, 5.41) is 10.6. The largest absolute Gasteiger partial charge is 0.455 e. The molecule has 0 amide bonds. The van der Waals surface area contributed by atoms with E-state index in [2.05, 4.69) is 15.4 Å². The molecule has 0 saturated carbocycles. The molecule has 156 valence electrons. The van der Waals surface area contributed by atoms with Crippen LogP contribution in [0.25, 0.3) is 11.0 Å². The predicted octanol–water partition coefficient (Wildman–Crippen LogP) is 0.474. The fourth-order valence-electron chi connectivity index (χ4n) is 4.04. The average Bonchev–Trinajstić information content (AvgIpc) is 3.04. The Kier molecular flexibility index (Phi) is 4.89. The summed E-state index contributed by atoms with van der Waals surface area (Å²) in [5.41, 5.74) is 2.86. The first-order chi connectivity index (χ1) is 13.8. The van der Waals surface area contributed by atoms with Crippen molar-refractivity contribution in [2.24, 2.45) is 0 Å². The van der Waals surface area contributed by atoms with Crippen LogP contribution in [0, 0.1) is 0 Å². The number of aliphatic hydroxyl groups excluding tert-OH is 1. The minimum absolute atomic E-state index is 0.424. The summed E-state index contributed by atoms with van der Waals surface area (Å²) in [4.78, 5) is 37.5. The topological polar surface area (TPSA) is 134 Å². The van der Waals surface area contributed by atoms with E-state index in [9.17, 15) is 14.7 Å². The predicted molar refractivity (Wildman–Crippen MR) is 97.5 cm³/mol. The van der Waals surface area contributed by atoms with E-state index in [4.69, 9.17) is 19.0 Å². The van der Waals surface area contributed by atoms with Gasteiger partial charge in [-0.3, -0.25) is 14.4 Å². The van der Waals surface area contributed by atoms with Crippen LogP contribution in [0.15, 0.2) is 12.5 Å². The summed E-state index contributed by atoms with van der Waals surface area (Å²) in [5.74, 6) is -0.627. The molecule has 1 fully saturated rings. The zero-order valence-corrected chi connectivity index (χ0v) is 16.2. The first-order valence-electron chi connectivity index (χ1n) is 9.20. The number of carbonyl (C=O) groups excluding carboxylic acids is 2. The van der Waals surface area contributed by atoms with E-state index in [1.165, 1.54) is 20.2 Å². The lowest BCUT2D eigenvalue weighted by Crippen LogP contribution is -2.49. The summed E-state index contributed by atoms with van der Waals surface area (Å²) in [6.45, 7) is 4.13. The number of nitrogens with one attached hydrogen (secondary N) is 1. The lowest BCUT2D eigenvalue weighted by Gasteiger charge is -2.34. The van der Waals surface area contributed by atoms with Crippen molar-refractivity contribution in [1.29, 1.82) is 0 Å². The normalized spacial score (nSPS) is 28.6. The van der Waals surface area contributed by atoms with Crippen molar-refractivity contribution in [3.05, 3.63) is 18.1 Å². The number of aliphatic hydroxyl groups is 1. The van der Waals surface area contributed by atoms with Gasteiger partial charge in [-0.2, -0.15) is 0 Å². The molecule has 4 atom stereocenters.